The summed E-state index contributed by atoms with van der Waals surface area (Å²) in [4.78, 5) is 4.00. The van der Waals surface area contributed by atoms with Crippen molar-refractivity contribution in [3.63, 3.8) is 0 Å². The first-order valence-corrected chi connectivity index (χ1v) is 9.26. The summed E-state index contributed by atoms with van der Waals surface area (Å²) >= 11 is 0. The highest BCUT2D eigenvalue weighted by atomic mass is 16.5. The zero-order chi connectivity index (χ0) is 18.4. The standard InChI is InChI=1S/C21H28N2O3/c1-4-26-20-8-6-5-7-19(20)23-13-11-22(12-14-23)16-17-9-10-18(24-2)15-21(17)25-3/h5-10,15H,4,11-14,16H2,1-3H3/p+1. The lowest BCUT2D eigenvalue weighted by molar-refractivity contribution is -0.914. The Bertz CT molecular complexity index is 712. The summed E-state index contributed by atoms with van der Waals surface area (Å²) in [6.07, 6.45) is 0. The smallest absolute Gasteiger partial charge is 0.142 e. The number of para-hydroxylation sites is 2. The first kappa shape index (κ1) is 18.4. The fourth-order valence-corrected chi connectivity index (χ4v) is 3.50. The molecule has 1 saturated heterocycles. The van der Waals surface area contributed by atoms with Crippen molar-refractivity contribution >= 4 is 5.69 Å². The Morgan fingerprint density at radius 3 is 2.42 bits per heavy atom. The first-order chi connectivity index (χ1) is 12.7. The Hall–Kier alpha value is -2.40. The summed E-state index contributed by atoms with van der Waals surface area (Å²) in [6, 6.07) is 14.4. The minimum absolute atomic E-state index is 0.694. The van der Waals surface area contributed by atoms with E-state index in [0.717, 1.165) is 50.0 Å². The fraction of sp³-hybridized carbons (Fsp3) is 0.429. The van der Waals surface area contributed by atoms with Gasteiger partial charge in [-0.1, -0.05) is 12.1 Å². The summed E-state index contributed by atoms with van der Waals surface area (Å²) in [7, 11) is 3.40. The Morgan fingerprint density at radius 2 is 1.73 bits per heavy atom. The van der Waals surface area contributed by atoms with Crippen molar-refractivity contribution in [1.29, 1.82) is 0 Å². The highest BCUT2D eigenvalue weighted by Crippen LogP contribution is 2.28. The van der Waals surface area contributed by atoms with E-state index in [2.05, 4.69) is 29.2 Å². The molecule has 0 saturated carbocycles. The number of anilines is 1. The number of nitrogens with zero attached hydrogens (tertiary/aromatic N) is 1. The lowest BCUT2D eigenvalue weighted by atomic mass is 10.1. The van der Waals surface area contributed by atoms with Crippen LogP contribution in [-0.4, -0.2) is 47.0 Å². The SMILES string of the molecule is CCOc1ccccc1N1CC[NH+](Cc2ccc(OC)cc2OC)CC1. The van der Waals surface area contributed by atoms with Crippen LogP contribution in [0.15, 0.2) is 42.5 Å². The fourth-order valence-electron chi connectivity index (χ4n) is 3.50. The number of nitrogens with one attached hydrogen (secondary N) is 1. The van der Waals surface area contributed by atoms with Crippen LogP contribution >= 0.6 is 0 Å². The molecule has 0 aromatic heterocycles. The lowest BCUT2D eigenvalue weighted by Crippen LogP contribution is -3.13. The predicted molar refractivity (Wildman–Crippen MR) is 104 cm³/mol. The first-order valence-electron chi connectivity index (χ1n) is 9.26. The summed E-state index contributed by atoms with van der Waals surface area (Å²) in [5.41, 5.74) is 2.43. The molecule has 2 aromatic rings. The van der Waals surface area contributed by atoms with Gasteiger partial charge in [-0.25, -0.2) is 0 Å². The van der Waals surface area contributed by atoms with Crippen molar-refractivity contribution < 1.29 is 19.1 Å². The molecule has 5 nitrogen and oxygen atoms in total. The van der Waals surface area contributed by atoms with E-state index in [4.69, 9.17) is 14.2 Å². The van der Waals surface area contributed by atoms with E-state index < -0.39 is 0 Å². The maximum atomic E-state index is 5.79. The van der Waals surface area contributed by atoms with Gasteiger partial charge < -0.3 is 24.0 Å². The van der Waals surface area contributed by atoms with Crippen LogP contribution in [0.5, 0.6) is 17.2 Å². The molecule has 2 aromatic carbocycles. The largest absolute Gasteiger partial charge is 0.497 e. The van der Waals surface area contributed by atoms with Gasteiger partial charge in [0.15, 0.2) is 0 Å². The van der Waals surface area contributed by atoms with E-state index in [1.165, 1.54) is 11.3 Å². The van der Waals surface area contributed by atoms with Crippen LogP contribution in [0.1, 0.15) is 12.5 Å². The molecule has 0 radical (unpaired) electrons. The van der Waals surface area contributed by atoms with Crippen LogP contribution < -0.4 is 24.0 Å². The van der Waals surface area contributed by atoms with Gasteiger partial charge in [0.05, 0.1) is 52.7 Å². The van der Waals surface area contributed by atoms with Crippen LogP contribution in [0.3, 0.4) is 0 Å². The van der Waals surface area contributed by atoms with Crippen molar-refractivity contribution in [2.24, 2.45) is 0 Å². The van der Waals surface area contributed by atoms with Crippen molar-refractivity contribution in [2.45, 2.75) is 13.5 Å². The quantitative estimate of drug-likeness (QED) is 0.822. The average molecular weight is 357 g/mol. The predicted octanol–water partition coefficient (Wildman–Crippen LogP) is 2.01. The molecule has 0 amide bonds. The summed E-state index contributed by atoms with van der Waals surface area (Å²) in [6.45, 7) is 7.93. The molecule has 0 unspecified atom stereocenters. The van der Waals surface area contributed by atoms with Crippen molar-refractivity contribution in [3.8, 4) is 17.2 Å². The number of quaternary nitrogens is 1. The maximum Gasteiger partial charge on any atom is 0.142 e. The molecule has 0 spiro atoms. The molecule has 0 aliphatic carbocycles. The average Bonchev–Trinajstić information content (AvgIpc) is 2.69. The van der Waals surface area contributed by atoms with Gasteiger partial charge in [0.1, 0.15) is 23.8 Å². The van der Waals surface area contributed by atoms with E-state index in [1.54, 1.807) is 19.1 Å². The van der Waals surface area contributed by atoms with Crippen LogP contribution in [0.4, 0.5) is 5.69 Å². The van der Waals surface area contributed by atoms with Crippen molar-refractivity contribution in [3.05, 3.63) is 48.0 Å². The van der Waals surface area contributed by atoms with E-state index in [9.17, 15) is 0 Å². The van der Waals surface area contributed by atoms with Crippen LogP contribution in [-0.2, 0) is 6.54 Å². The maximum absolute atomic E-state index is 5.79. The number of hydrogen-bond donors (Lipinski definition) is 1. The number of benzene rings is 2. The van der Waals surface area contributed by atoms with Gasteiger partial charge in [0.2, 0.25) is 0 Å². The highest BCUT2D eigenvalue weighted by Gasteiger charge is 2.23. The Kier molecular flexibility index (Phi) is 6.23. The third-order valence-corrected chi connectivity index (χ3v) is 4.91. The second-order valence-corrected chi connectivity index (χ2v) is 6.49. The van der Waals surface area contributed by atoms with Gasteiger partial charge in [-0.05, 0) is 31.2 Å². The van der Waals surface area contributed by atoms with Crippen LogP contribution in [0.25, 0.3) is 0 Å². The van der Waals surface area contributed by atoms with Gasteiger partial charge in [0, 0.05) is 11.6 Å². The zero-order valence-electron chi connectivity index (χ0n) is 16.0. The van der Waals surface area contributed by atoms with Gasteiger partial charge >= 0.3 is 0 Å². The lowest BCUT2D eigenvalue weighted by Gasteiger charge is -2.34. The second kappa shape index (κ2) is 8.81. The number of piperazine rings is 1. The Morgan fingerprint density at radius 1 is 0.962 bits per heavy atom. The molecule has 26 heavy (non-hydrogen) atoms. The second-order valence-electron chi connectivity index (χ2n) is 6.49. The van der Waals surface area contributed by atoms with Gasteiger partial charge in [-0.2, -0.15) is 0 Å². The van der Waals surface area contributed by atoms with Crippen molar-refractivity contribution in [2.75, 3.05) is 51.9 Å². The molecule has 1 heterocycles. The molecule has 1 aliphatic heterocycles. The summed E-state index contributed by atoms with van der Waals surface area (Å²) in [5, 5.41) is 0. The van der Waals surface area contributed by atoms with E-state index in [1.807, 2.05) is 25.1 Å². The van der Waals surface area contributed by atoms with Gasteiger partial charge in [-0.15, -0.1) is 0 Å². The molecule has 3 rings (SSSR count). The van der Waals surface area contributed by atoms with Crippen LogP contribution in [0.2, 0.25) is 0 Å². The third kappa shape index (κ3) is 4.22. The number of rotatable bonds is 7. The molecule has 5 heteroatoms. The van der Waals surface area contributed by atoms with Gasteiger partial charge in [0.25, 0.3) is 0 Å². The summed E-state index contributed by atoms with van der Waals surface area (Å²) < 4.78 is 16.6. The number of hydrogen-bond acceptors (Lipinski definition) is 4. The van der Waals surface area contributed by atoms with Gasteiger partial charge in [-0.3, -0.25) is 0 Å². The molecule has 1 fully saturated rings. The molecule has 0 atom stereocenters. The number of ether oxygens (including phenoxy) is 3. The molecule has 0 bridgehead atoms. The monoisotopic (exact) mass is 357 g/mol. The normalized spacial score (nSPS) is 15.0. The number of methoxy groups -OCH3 is 2. The molecular weight excluding hydrogens is 328 g/mol. The van der Waals surface area contributed by atoms with Crippen molar-refractivity contribution in [1.82, 2.24) is 0 Å². The van der Waals surface area contributed by atoms with E-state index >= 15 is 0 Å². The van der Waals surface area contributed by atoms with E-state index in [-0.39, 0.29) is 0 Å². The minimum Gasteiger partial charge on any atom is -0.497 e. The molecule has 140 valence electrons. The highest BCUT2D eigenvalue weighted by molar-refractivity contribution is 5.58. The third-order valence-electron chi connectivity index (χ3n) is 4.91. The minimum atomic E-state index is 0.694. The Balaban J connectivity index is 1.63. The van der Waals surface area contributed by atoms with Crippen LogP contribution in [0, 0.1) is 0 Å². The Labute approximate surface area is 156 Å². The molecular formula is C21H29N2O3+. The summed E-state index contributed by atoms with van der Waals surface area (Å²) in [5.74, 6) is 2.72. The van der Waals surface area contributed by atoms with E-state index in [0.29, 0.717) is 6.61 Å². The molecule has 1 aliphatic rings. The molecule has 1 N–H and O–H groups in total. The topological polar surface area (TPSA) is 35.4 Å². The zero-order valence-corrected chi connectivity index (χ0v) is 16.0.